The molecule has 2 amide bonds. The predicted octanol–water partition coefficient (Wildman–Crippen LogP) is 2.00. The van der Waals surface area contributed by atoms with Gasteiger partial charge in [0.1, 0.15) is 0 Å². The van der Waals surface area contributed by atoms with E-state index in [1.165, 1.54) is 4.88 Å². The lowest BCUT2D eigenvalue weighted by Gasteiger charge is -2.34. The van der Waals surface area contributed by atoms with Gasteiger partial charge in [0.15, 0.2) is 0 Å². The van der Waals surface area contributed by atoms with E-state index in [1.54, 1.807) is 16.2 Å². The molecule has 0 radical (unpaired) electrons. The fourth-order valence-corrected chi connectivity index (χ4v) is 4.31. The monoisotopic (exact) mass is 444 g/mol. The summed E-state index contributed by atoms with van der Waals surface area (Å²) < 4.78 is 1.06. The number of thiophene rings is 1. The minimum absolute atomic E-state index is 0.0886. The molecule has 1 N–H and O–H groups in total. The summed E-state index contributed by atoms with van der Waals surface area (Å²) in [7, 11) is 1.85. The maximum absolute atomic E-state index is 12.4. The molecule has 8 heteroatoms. The second-order valence-electron chi connectivity index (χ2n) is 6.91. The van der Waals surface area contributed by atoms with Gasteiger partial charge in [-0.05, 0) is 35.3 Å². The topological polar surface area (TPSA) is 55.9 Å². The zero-order valence-electron chi connectivity index (χ0n) is 15.8. The zero-order valence-corrected chi connectivity index (χ0v) is 18.2. The van der Waals surface area contributed by atoms with Gasteiger partial charge < -0.3 is 10.2 Å². The second-order valence-corrected chi connectivity index (χ2v) is 8.82. The molecule has 1 fully saturated rings. The first-order valence-electron chi connectivity index (χ1n) is 9.08. The summed E-state index contributed by atoms with van der Waals surface area (Å²) in [5.74, 6) is 0.225. The zero-order chi connectivity index (χ0) is 19.1. The minimum Gasteiger partial charge on any atom is -0.353 e. The molecule has 6 nitrogen and oxygen atoms in total. The summed E-state index contributed by atoms with van der Waals surface area (Å²) >= 11 is 5.10. The lowest BCUT2D eigenvalue weighted by molar-refractivity contribution is -0.132. The largest absolute Gasteiger partial charge is 0.353 e. The molecule has 0 saturated carbocycles. The van der Waals surface area contributed by atoms with Crippen LogP contribution in [0.15, 0.2) is 15.9 Å². The van der Waals surface area contributed by atoms with E-state index in [2.05, 4.69) is 44.0 Å². The van der Waals surface area contributed by atoms with Gasteiger partial charge in [-0.3, -0.25) is 19.4 Å². The van der Waals surface area contributed by atoms with Crippen LogP contribution >= 0.6 is 27.3 Å². The van der Waals surface area contributed by atoms with Crippen molar-refractivity contribution in [2.45, 2.75) is 32.9 Å². The number of nitrogens with one attached hydrogen (secondary N) is 1. The SMILES string of the molecule is CCC(C)NC(=O)CN1CCN(CC(=O)N(C)Cc2cc(Br)cs2)CC1. The molecule has 1 aliphatic heterocycles. The van der Waals surface area contributed by atoms with Gasteiger partial charge in [0.05, 0.1) is 19.6 Å². The average molecular weight is 445 g/mol. The molecule has 2 rings (SSSR count). The fraction of sp³-hybridized carbons (Fsp3) is 0.667. The first-order chi connectivity index (χ1) is 12.4. The molecule has 1 aromatic rings. The molecule has 26 heavy (non-hydrogen) atoms. The van der Waals surface area contributed by atoms with Crippen molar-refractivity contribution in [2.75, 3.05) is 46.3 Å². The van der Waals surface area contributed by atoms with Crippen LogP contribution in [0.1, 0.15) is 25.1 Å². The number of carbonyl (C=O) groups is 2. The highest BCUT2D eigenvalue weighted by molar-refractivity contribution is 9.10. The molecular weight excluding hydrogens is 416 g/mol. The number of hydrogen-bond donors (Lipinski definition) is 1. The van der Waals surface area contributed by atoms with Crippen molar-refractivity contribution < 1.29 is 9.59 Å². The Morgan fingerprint density at radius 3 is 2.42 bits per heavy atom. The van der Waals surface area contributed by atoms with Gasteiger partial charge in [-0.25, -0.2) is 0 Å². The van der Waals surface area contributed by atoms with Gasteiger partial charge >= 0.3 is 0 Å². The van der Waals surface area contributed by atoms with Crippen LogP contribution in [-0.4, -0.2) is 78.9 Å². The molecule has 1 aromatic heterocycles. The third-order valence-corrected chi connectivity index (χ3v) is 6.33. The van der Waals surface area contributed by atoms with Crippen molar-refractivity contribution in [3.8, 4) is 0 Å². The van der Waals surface area contributed by atoms with E-state index in [-0.39, 0.29) is 17.9 Å². The Kier molecular flexibility index (Phi) is 8.53. The summed E-state index contributed by atoms with van der Waals surface area (Å²) in [5, 5.41) is 5.03. The Bertz CT molecular complexity index is 602. The number of hydrogen-bond acceptors (Lipinski definition) is 5. The summed E-state index contributed by atoms with van der Waals surface area (Å²) in [6.45, 7) is 8.90. The smallest absolute Gasteiger partial charge is 0.236 e. The highest BCUT2D eigenvalue weighted by Crippen LogP contribution is 2.20. The van der Waals surface area contributed by atoms with E-state index in [0.717, 1.165) is 37.1 Å². The molecule has 0 spiro atoms. The Morgan fingerprint density at radius 2 is 1.88 bits per heavy atom. The van der Waals surface area contributed by atoms with Crippen LogP contribution in [0, 0.1) is 0 Å². The van der Waals surface area contributed by atoms with Gasteiger partial charge in [-0.1, -0.05) is 6.92 Å². The summed E-state index contributed by atoms with van der Waals surface area (Å²) in [4.78, 5) is 31.7. The normalized spacial score (nSPS) is 17.1. The van der Waals surface area contributed by atoms with Crippen LogP contribution in [-0.2, 0) is 16.1 Å². The van der Waals surface area contributed by atoms with Gasteiger partial charge in [0.25, 0.3) is 0 Å². The van der Waals surface area contributed by atoms with Crippen LogP contribution < -0.4 is 5.32 Å². The van der Waals surface area contributed by atoms with Gasteiger partial charge in [0.2, 0.25) is 11.8 Å². The minimum atomic E-state index is 0.0886. The second kappa shape index (κ2) is 10.4. The molecule has 1 saturated heterocycles. The molecule has 0 aliphatic carbocycles. The Balaban J connectivity index is 1.69. The van der Waals surface area contributed by atoms with E-state index in [0.29, 0.717) is 19.6 Å². The standard InChI is InChI=1S/C18H29BrN4O2S/c1-4-14(2)20-17(24)11-22-5-7-23(8-6-22)12-18(25)21(3)10-16-9-15(19)13-26-16/h9,13-14H,4-8,10-12H2,1-3H3,(H,20,24). The van der Waals surface area contributed by atoms with E-state index in [1.807, 2.05) is 19.4 Å². The predicted molar refractivity (Wildman–Crippen MR) is 109 cm³/mol. The summed E-state index contributed by atoms with van der Waals surface area (Å²) in [5.41, 5.74) is 0. The highest BCUT2D eigenvalue weighted by atomic mass is 79.9. The lowest BCUT2D eigenvalue weighted by Crippen LogP contribution is -2.52. The maximum atomic E-state index is 12.4. The molecule has 2 heterocycles. The quantitative estimate of drug-likeness (QED) is 0.665. The third-order valence-electron chi connectivity index (χ3n) is 4.65. The van der Waals surface area contributed by atoms with Crippen molar-refractivity contribution in [1.82, 2.24) is 20.0 Å². The molecule has 1 atom stereocenters. The van der Waals surface area contributed by atoms with E-state index in [4.69, 9.17) is 0 Å². The van der Waals surface area contributed by atoms with Crippen molar-refractivity contribution in [3.05, 3.63) is 20.8 Å². The number of carbonyl (C=O) groups excluding carboxylic acids is 2. The first-order valence-corrected chi connectivity index (χ1v) is 10.8. The molecule has 0 aromatic carbocycles. The number of piperazine rings is 1. The summed E-state index contributed by atoms with van der Waals surface area (Å²) in [6, 6.07) is 2.28. The van der Waals surface area contributed by atoms with E-state index < -0.39 is 0 Å². The van der Waals surface area contributed by atoms with Gasteiger partial charge in [0, 0.05) is 54.0 Å². The van der Waals surface area contributed by atoms with Crippen molar-refractivity contribution >= 4 is 39.1 Å². The van der Waals surface area contributed by atoms with Crippen LogP contribution in [0.5, 0.6) is 0 Å². The molecular formula is C18H29BrN4O2S. The van der Waals surface area contributed by atoms with Gasteiger partial charge in [-0.15, -0.1) is 11.3 Å². The average Bonchev–Trinajstić information content (AvgIpc) is 3.01. The fourth-order valence-electron chi connectivity index (χ4n) is 2.80. The number of likely N-dealkylation sites (N-methyl/N-ethyl adjacent to an activating group) is 1. The van der Waals surface area contributed by atoms with Crippen LogP contribution in [0.2, 0.25) is 0 Å². The molecule has 1 aliphatic rings. The van der Waals surface area contributed by atoms with Crippen LogP contribution in [0.4, 0.5) is 0 Å². The molecule has 146 valence electrons. The number of halogens is 1. The molecule has 0 bridgehead atoms. The van der Waals surface area contributed by atoms with Crippen LogP contribution in [0.3, 0.4) is 0 Å². The van der Waals surface area contributed by atoms with Crippen molar-refractivity contribution in [2.24, 2.45) is 0 Å². The van der Waals surface area contributed by atoms with Crippen LogP contribution in [0.25, 0.3) is 0 Å². The van der Waals surface area contributed by atoms with E-state index >= 15 is 0 Å². The van der Waals surface area contributed by atoms with E-state index in [9.17, 15) is 9.59 Å². The van der Waals surface area contributed by atoms with Crippen molar-refractivity contribution in [1.29, 1.82) is 0 Å². The van der Waals surface area contributed by atoms with Crippen molar-refractivity contribution in [3.63, 3.8) is 0 Å². The highest BCUT2D eigenvalue weighted by Gasteiger charge is 2.22. The lowest BCUT2D eigenvalue weighted by atomic mass is 10.2. The van der Waals surface area contributed by atoms with Gasteiger partial charge in [-0.2, -0.15) is 0 Å². The third kappa shape index (κ3) is 6.98. The Hall–Kier alpha value is -0.960. The summed E-state index contributed by atoms with van der Waals surface area (Å²) in [6.07, 6.45) is 0.942. The number of rotatable bonds is 8. The Morgan fingerprint density at radius 1 is 1.27 bits per heavy atom. The Labute approximate surface area is 168 Å². The maximum Gasteiger partial charge on any atom is 0.236 e. The first kappa shape index (κ1) is 21.3. The molecule has 1 unspecified atom stereocenters. The number of nitrogens with zero attached hydrogens (tertiary/aromatic N) is 3. The number of amides is 2.